The topological polar surface area (TPSA) is 74.0 Å². The first kappa shape index (κ1) is 10.8. The van der Waals surface area contributed by atoms with E-state index < -0.39 is 5.97 Å². The number of aliphatic carboxylic acids is 1. The summed E-state index contributed by atoms with van der Waals surface area (Å²) in [6.45, 7) is 0. The molecule has 1 N–H and O–H groups in total. The molecule has 0 atom stereocenters. The number of nitrogens with zero attached hydrogens (tertiary/aromatic N) is 2. The smallest absolute Gasteiger partial charge is 0.346 e. The van der Waals surface area contributed by atoms with Crippen LogP contribution in [-0.4, -0.2) is 16.1 Å². The van der Waals surface area contributed by atoms with Crippen molar-refractivity contribution in [2.24, 2.45) is 0 Å². The SMILES string of the molecule is N#CC(=Cc1ccc2ccccc2n1)C(=O)O. The lowest BCUT2D eigenvalue weighted by Crippen LogP contribution is -1.97. The van der Waals surface area contributed by atoms with Gasteiger partial charge in [0.05, 0.1) is 11.2 Å². The lowest BCUT2D eigenvalue weighted by Gasteiger charge is -1.98. The molecular formula is C13H8N2O2. The monoisotopic (exact) mass is 224 g/mol. The van der Waals surface area contributed by atoms with Crippen LogP contribution in [-0.2, 0) is 4.79 Å². The van der Waals surface area contributed by atoms with Gasteiger partial charge in [0.25, 0.3) is 0 Å². The molecule has 0 amide bonds. The highest BCUT2D eigenvalue weighted by Gasteiger charge is 2.06. The fraction of sp³-hybridized carbons (Fsp3) is 0. The van der Waals surface area contributed by atoms with E-state index >= 15 is 0 Å². The number of rotatable bonds is 2. The minimum Gasteiger partial charge on any atom is -0.477 e. The van der Waals surface area contributed by atoms with Crippen molar-refractivity contribution in [3.63, 3.8) is 0 Å². The highest BCUT2D eigenvalue weighted by atomic mass is 16.4. The van der Waals surface area contributed by atoms with Crippen molar-refractivity contribution in [2.45, 2.75) is 0 Å². The molecule has 1 heterocycles. The molecule has 2 aromatic rings. The van der Waals surface area contributed by atoms with Gasteiger partial charge in [-0.2, -0.15) is 5.26 Å². The first-order valence-electron chi connectivity index (χ1n) is 4.91. The van der Waals surface area contributed by atoms with Crippen LogP contribution >= 0.6 is 0 Å². The van der Waals surface area contributed by atoms with Gasteiger partial charge in [-0.15, -0.1) is 0 Å². The van der Waals surface area contributed by atoms with Crippen molar-refractivity contribution in [1.82, 2.24) is 4.98 Å². The normalized spacial score (nSPS) is 11.1. The highest BCUT2D eigenvalue weighted by molar-refractivity contribution is 5.96. The van der Waals surface area contributed by atoms with Gasteiger partial charge in [0.2, 0.25) is 0 Å². The highest BCUT2D eigenvalue weighted by Crippen LogP contribution is 2.13. The Morgan fingerprint density at radius 2 is 2.06 bits per heavy atom. The molecule has 1 aromatic heterocycles. The molecule has 0 unspecified atom stereocenters. The summed E-state index contributed by atoms with van der Waals surface area (Å²) in [7, 11) is 0. The lowest BCUT2D eigenvalue weighted by molar-refractivity contribution is -0.132. The molecule has 0 bridgehead atoms. The summed E-state index contributed by atoms with van der Waals surface area (Å²) in [6.07, 6.45) is 1.26. The molecule has 0 aliphatic heterocycles. The summed E-state index contributed by atoms with van der Waals surface area (Å²) in [5.74, 6) is -1.25. The number of para-hydroxylation sites is 1. The molecule has 2 rings (SSSR count). The first-order chi connectivity index (χ1) is 8.20. The Kier molecular flexibility index (Phi) is 2.84. The Morgan fingerprint density at radius 3 is 2.76 bits per heavy atom. The van der Waals surface area contributed by atoms with Gasteiger partial charge in [-0.05, 0) is 18.2 Å². The quantitative estimate of drug-likeness (QED) is 0.627. The molecule has 82 valence electrons. The van der Waals surface area contributed by atoms with Gasteiger partial charge in [0, 0.05) is 5.39 Å². The second-order valence-corrected chi connectivity index (χ2v) is 3.40. The second kappa shape index (κ2) is 4.45. The van der Waals surface area contributed by atoms with E-state index in [0.29, 0.717) is 5.69 Å². The largest absolute Gasteiger partial charge is 0.477 e. The molecular weight excluding hydrogens is 216 g/mol. The zero-order valence-corrected chi connectivity index (χ0v) is 8.79. The van der Waals surface area contributed by atoms with Gasteiger partial charge >= 0.3 is 5.97 Å². The molecule has 4 heteroatoms. The minimum atomic E-state index is -1.25. The third kappa shape index (κ3) is 2.29. The Balaban J connectivity index is 2.51. The molecule has 0 spiro atoms. The zero-order chi connectivity index (χ0) is 12.3. The van der Waals surface area contributed by atoms with Gasteiger partial charge in [0.15, 0.2) is 0 Å². The average molecular weight is 224 g/mol. The number of carboxylic acids is 1. The molecule has 0 saturated carbocycles. The predicted molar refractivity (Wildman–Crippen MR) is 63.0 cm³/mol. The molecule has 0 saturated heterocycles. The van der Waals surface area contributed by atoms with Crippen molar-refractivity contribution in [3.05, 3.63) is 47.7 Å². The molecule has 0 aliphatic carbocycles. The van der Waals surface area contributed by atoms with Gasteiger partial charge < -0.3 is 5.11 Å². The van der Waals surface area contributed by atoms with E-state index in [4.69, 9.17) is 10.4 Å². The van der Waals surface area contributed by atoms with E-state index in [9.17, 15) is 4.79 Å². The van der Waals surface area contributed by atoms with E-state index in [1.54, 1.807) is 12.1 Å². The average Bonchev–Trinajstić information content (AvgIpc) is 2.35. The summed E-state index contributed by atoms with van der Waals surface area (Å²) < 4.78 is 0. The third-order valence-corrected chi connectivity index (χ3v) is 2.26. The Bertz CT molecular complexity index is 654. The Labute approximate surface area is 97.5 Å². The third-order valence-electron chi connectivity index (χ3n) is 2.26. The van der Waals surface area contributed by atoms with Crippen LogP contribution < -0.4 is 0 Å². The predicted octanol–water partition coefficient (Wildman–Crippen LogP) is 2.23. The second-order valence-electron chi connectivity index (χ2n) is 3.40. The number of hydrogen-bond acceptors (Lipinski definition) is 3. The zero-order valence-electron chi connectivity index (χ0n) is 8.79. The van der Waals surface area contributed by atoms with Crippen LogP contribution in [0, 0.1) is 11.3 Å². The summed E-state index contributed by atoms with van der Waals surface area (Å²) in [5.41, 5.74) is 0.902. The van der Waals surface area contributed by atoms with Crippen LogP contribution in [0.25, 0.3) is 17.0 Å². The molecule has 0 radical (unpaired) electrons. The summed E-state index contributed by atoms with van der Waals surface area (Å²) in [6, 6.07) is 12.6. The van der Waals surface area contributed by atoms with Crippen LogP contribution in [0.2, 0.25) is 0 Å². The van der Waals surface area contributed by atoms with Gasteiger partial charge in [-0.25, -0.2) is 9.78 Å². The van der Waals surface area contributed by atoms with Gasteiger partial charge in [0.1, 0.15) is 11.6 Å². The number of carboxylic acid groups (broad SMARTS) is 1. The minimum absolute atomic E-state index is 0.326. The van der Waals surface area contributed by atoms with E-state index in [1.807, 2.05) is 30.3 Å². The summed E-state index contributed by atoms with van der Waals surface area (Å²) >= 11 is 0. The Hall–Kier alpha value is -2.67. The summed E-state index contributed by atoms with van der Waals surface area (Å²) in [4.78, 5) is 14.9. The van der Waals surface area contributed by atoms with Crippen molar-refractivity contribution in [3.8, 4) is 6.07 Å². The molecule has 4 nitrogen and oxygen atoms in total. The van der Waals surface area contributed by atoms with E-state index in [1.165, 1.54) is 6.08 Å². The molecule has 17 heavy (non-hydrogen) atoms. The maximum atomic E-state index is 10.7. The van der Waals surface area contributed by atoms with Crippen LogP contribution in [0.4, 0.5) is 0 Å². The lowest BCUT2D eigenvalue weighted by atomic mass is 10.1. The number of benzene rings is 1. The van der Waals surface area contributed by atoms with Crippen LogP contribution in [0.3, 0.4) is 0 Å². The molecule has 0 aliphatic rings. The molecule has 0 fully saturated rings. The maximum absolute atomic E-state index is 10.7. The van der Waals surface area contributed by atoms with E-state index in [0.717, 1.165) is 10.9 Å². The fourth-order valence-electron chi connectivity index (χ4n) is 1.45. The number of fused-ring (bicyclic) bond motifs is 1. The molecule has 1 aromatic carbocycles. The van der Waals surface area contributed by atoms with Crippen molar-refractivity contribution < 1.29 is 9.90 Å². The maximum Gasteiger partial charge on any atom is 0.346 e. The van der Waals surface area contributed by atoms with Gasteiger partial charge in [-0.3, -0.25) is 0 Å². The van der Waals surface area contributed by atoms with Crippen LogP contribution in [0.5, 0.6) is 0 Å². The number of pyridine rings is 1. The van der Waals surface area contributed by atoms with Gasteiger partial charge in [-0.1, -0.05) is 24.3 Å². The number of aromatic nitrogens is 1. The van der Waals surface area contributed by atoms with Crippen molar-refractivity contribution >= 4 is 22.9 Å². The first-order valence-corrected chi connectivity index (χ1v) is 4.91. The van der Waals surface area contributed by atoms with Crippen LogP contribution in [0.15, 0.2) is 42.0 Å². The number of carbonyl (C=O) groups is 1. The van der Waals surface area contributed by atoms with Crippen LogP contribution in [0.1, 0.15) is 5.69 Å². The van der Waals surface area contributed by atoms with E-state index in [2.05, 4.69) is 4.98 Å². The van der Waals surface area contributed by atoms with Crippen molar-refractivity contribution in [1.29, 1.82) is 5.26 Å². The standard InChI is InChI=1S/C13H8N2O2/c14-8-10(13(16)17)7-11-6-5-9-3-1-2-4-12(9)15-11/h1-7H,(H,16,17). The Morgan fingerprint density at radius 1 is 1.29 bits per heavy atom. The fourth-order valence-corrected chi connectivity index (χ4v) is 1.45. The number of hydrogen-bond donors (Lipinski definition) is 1. The van der Waals surface area contributed by atoms with Crippen molar-refractivity contribution in [2.75, 3.05) is 0 Å². The summed E-state index contributed by atoms with van der Waals surface area (Å²) in [5, 5.41) is 18.3. The number of nitriles is 1. The van der Waals surface area contributed by atoms with E-state index in [-0.39, 0.29) is 5.57 Å².